The van der Waals surface area contributed by atoms with E-state index < -0.39 is 18.4 Å². The highest BCUT2D eigenvalue weighted by Gasteiger charge is 2.38. The predicted molar refractivity (Wildman–Crippen MR) is 51.1 cm³/mol. The third kappa shape index (κ3) is 3.20. The van der Waals surface area contributed by atoms with Crippen LogP contribution in [0.15, 0.2) is 0 Å². The van der Waals surface area contributed by atoms with Gasteiger partial charge in [-0.05, 0) is 12.8 Å². The molecule has 0 saturated carbocycles. The van der Waals surface area contributed by atoms with Gasteiger partial charge in [0.25, 0.3) is 0 Å². The highest BCUT2D eigenvalue weighted by atomic mass is 16.7. The molecule has 1 heterocycles. The molecule has 0 radical (unpaired) electrons. The minimum absolute atomic E-state index is 0.0630. The molecule has 1 unspecified atom stereocenters. The number of esters is 1. The standard InChI is InChI=1S/C10H16O5/c1-3-4-8(11)15-10-6(2)5-7(14-10)9(12)13/h6-7,10H,3-5H2,1-2H3,(H,12,13)/t6-,7+,10?/m0/s1. The van der Waals surface area contributed by atoms with Gasteiger partial charge in [0, 0.05) is 12.3 Å². The molecule has 1 aliphatic rings. The van der Waals surface area contributed by atoms with Gasteiger partial charge in [-0.25, -0.2) is 4.79 Å². The lowest BCUT2D eigenvalue weighted by Gasteiger charge is -2.15. The van der Waals surface area contributed by atoms with Crippen LogP contribution in [0, 0.1) is 5.92 Å². The van der Waals surface area contributed by atoms with Crippen LogP contribution in [0.3, 0.4) is 0 Å². The molecule has 15 heavy (non-hydrogen) atoms. The number of rotatable bonds is 4. The van der Waals surface area contributed by atoms with Crippen molar-refractivity contribution < 1.29 is 24.2 Å². The smallest absolute Gasteiger partial charge is 0.332 e. The molecule has 0 aromatic heterocycles. The van der Waals surface area contributed by atoms with Crippen molar-refractivity contribution in [3.63, 3.8) is 0 Å². The van der Waals surface area contributed by atoms with Crippen molar-refractivity contribution in [1.29, 1.82) is 0 Å². The fourth-order valence-electron chi connectivity index (χ4n) is 1.50. The van der Waals surface area contributed by atoms with E-state index in [1.807, 2.05) is 13.8 Å². The monoisotopic (exact) mass is 216 g/mol. The van der Waals surface area contributed by atoms with Crippen LogP contribution in [0.4, 0.5) is 0 Å². The van der Waals surface area contributed by atoms with E-state index in [0.717, 1.165) is 0 Å². The second kappa shape index (κ2) is 5.11. The molecule has 0 spiro atoms. The quantitative estimate of drug-likeness (QED) is 0.714. The SMILES string of the molecule is CCCC(=O)OC1O[C@@H](C(=O)O)C[C@@H]1C. The van der Waals surface area contributed by atoms with Crippen LogP contribution in [0.5, 0.6) is 0 Å². The zero-order chi connectivity index (χ0) is 11.4. The zero-order valence-electron chi connectivity index (χ0n) is 8.93. The average Bonchev–Trinajstić information content (AvgIpc) is 2.48. The van der Waals surface area contributed by atoms with Crippen molar-refractivity contribution in [2.24, 2.45) is 5.92 Å². The van der Waals surface area contributed by atoms with Crippen LogP contribution in [0.2, 0.25) is 0 Å². The number of carboxylic acid groups (broad SMARTS) is 1. The average molecular weight is 216 g/mol. The Kier molecular flexibility index (Phi) is 4.08. The molecule has 0 amide bonds. The fourth-order valence-corrected chi connectivity index (χ4v) is 1.50. The summed E-state index contributed by atoms with van der Waals surface area (Å²) in [7, 11) is 0. The Morgan fingerprint density at radius 1 is 1.53 bits per heavy atom. The van der Waals surface area contributed by atoms with Gasteiger partial charge in [-0.1, -0.05) is 13.8 Å². The van der Waals surface area contributed by atoms with Gasteiger partial charge in [0.15, 0.2) is 6.10 Å². The molecule has 3 atom stereocenters. The Labute approximate surface area is 88.4 Å². The Bertz CT molecular complexity index is 250. The van der Waals surface area contributed by atoms with E-state index >= 15 is 0 Å². The molecule has 0 aliphatic carbocycles. The number of carbonyl (C=O) groups excluding carboxylic acids is 1. The molecule has 1 rings (SSSR count). The summed E-state index contributed by atoms with van der Waals surface area (Å²) in [6.07, 6.45) is -0.115. The number of hydrogen-bond donors (Lipinski definition) is 1. The lowest BCUT2D eigenvalue weighted by molar-refractivity contribution is -0.187. The topological polar surface area (TPSA) is 72.8 Å². The molecular weight excluding hydrogens is 200 g/mol. The van der Waals surface area contributed by atoms with Crippen molar-refractivity contribution in [2.75, 3.05) is 0 Å². The van der Waals surface area contributed by atoms with Gasteiger partial charge in [-0.3, -0.25) is 4.79 Å². The normalized spacial score (nSPS) is 30.1. The molecular formula is C10H16O5. The highest BCUT2D eigenvalue weighted by molar-refractivity contribution is 5.73. The van der Waals surface area contributed by atoms with Crippen LogP contribution in [-0.4, -0.2) is 29.4 Å². The number of ether oxygens (including phenoxy) is 2. The van der Waals surface area contributed by atoms with E-state index in [1.54, 1.807) is 0 Å². The summed E-state index contributed by atoms with van der Waals surface area (Å²) in [5, 5.41) is 8.72. The van der Waals surface area contributed by atoms with Crippen LogP contribution in [-0.2, 0) is 19.1 Å². The van der Waals surface area contributed by atoms with Crippen molar-refractivity contribution in [3.05, 3.63) is 0 Å². The molecule has 1 N–H and O–H groups in total. The zero-order valence-corrected chi connectivity index (χ0v) is 8.93. The second-order valence-corrected chi connectivity index (χ2v) is 3.78. The first-order valence-corrected chi connectivity index (χ1v) is 5.12. The summed E-state index contributed by atoms with van der Waals surface area (Å²) in [6.45, 7) is 3.69. The van der Waals surface area contributed by atoms with E-state index in [-0.39, 0.29) is 11.9 Å². The van der Waals surface area contributed by atoms with Crippen molar-refractivity contribution in [3.8, 4) is 0 Å². The van der Waals surface area contributed by atoms with Crippen molar-refractivity contribution in [1.82, 2.24) is 0 Å². The lowest BCUT2D eigenvalue weighted by Crippen LogP contribution is -2.24. The number of carbonyl (C=O) groups is 2. The van der Waals surface area contributed by atoms with Crippen LogP contribution >= 0.6 is 0 Å². The maximum atomic E-state index is 11.2. The van der Waals surface area contributed by atoms with Crippen LogP contribution in [0.25, 0.3) is 0 Å². The summed E-state index contributed by atoms with van der Waals surface area (Å²) in [4.78, 5) is 21.8. The molecule has 5 nitrogen and oxygen atoms in total. The Hall–Kier alpha value is -1.10. The van der Waals surface area contributed by atoms with Crippen LogP contribution in [0.1, 0.15) is 33.1 Å². The van der Waals surface area contributed by atoms with Gasteiger partial charge in [0.05, 0.1) is 0 Å². The number of carboxylic acids is 1. The van der Waals surface area contributed by atoms with Crippen molar-refractivity contribution >= 4 is 11.9 Å². The van der Waals surface area contributed by atoms with E-state index in [1.165, 1.54) is 0 Å². The molecule has 86 valence electrons. The van der Waals surface area contributed by atoms with Gasteiger partial charge in [-0.2, -0.15) is 0 Å². The number of hydrogen-bond acceptors (Lipinski definition) is 4. The molecule has 1 saturated heterocycles. The Balaban J connectivity index is 2.43. The van der Waals surface area contributed by atoms with Gasteiger partial charge in [0.2, 0.25) is 6.29 Å². The lowest BCUT2D eigenvalue weighted by atomic mass is 10.1. The molecule has 0 aromatic rings. The third-order valence-corrected chi connectivity index (χ3v) is 2.33. The van der Waals surface area contributed by atoms with Gasteiger partial charge in [-0.15, -0.1) is 0 Å². The minimum atomic E-state index is -1.00. The van der Waals surface area contributed by atoms with Gasteiger partial charge >= 0.3 is 11.9 Å². The summed E-state index contributed by atoms with van der Waals surface area (Å²) >= 11 is 0. The summed E-state index contributed by atoms with van der Waals surface area (Å²) < 4.78 is 10.1. The molecule has 0 aromatic carbocycles. The van der Waals surface area contributed by atoms with E-state index in [2.05, 4.69) is 0 Å². The Morgan fingerprint density at radius 2 is 2.20 bits per heavy atom. The minimum Gasteiger partial charge on any atom is -0.479 e. The maximum absolute atomic E-state index is 11.2. The third-order valence-electron chi connectivity index (χ3n) is 2.33. The summed E-state index contributed by atoms with van der Waals surface area (Å²) in [5.74, 6) is -1.40. The van der Waals surface area contributed by atoms with Crippen LogP contribution < -0.4 is 0 Å². The van der Waals surface area contributed by atoms with Gasteiger partial charge < -0.3 is 14.6 Å². The van der Waals surface area contributed by atoms with E-state index in [4.69, 9.17) is 14.6 Å². The molecule has 1 aliphatic heterocycles. The first-order valence-electron chi connectivity index (χ1n) is 5.12. The molecule has 0 bridgehead atoms. The maximum Gasteiger partial charge on any atom is 0.332 e. The highest BCUT2D eigenvalue weighted by Crippen LogP contribution is 2.27. The van der Waals surface area contributed by atoms with Gasteiger partial charge in [0.1, 0.15) is 0 Å². The van der Waals surface area contributed by atoms with Crippen molar-refractivity contribution in [2.45, 2.75) is 45.5 Å². The molecule has 5 heteroatoms. The predicted octanol–water partition coefficient (Wildman–Crippen LogP) is 1.17. The fraction of sp³-hybridized carbons (Fsp3) is 0.800. The summed E-state index contributed by atoms with van der Waals surface area (Å²) in [6, 6.07) is 0. The first kappa shape index (κ1) is 12.0. The second-order valence-electron chi connectivity index (χ2n) is 3.78. The number of aliphatic carboxylic acids is 1. The van der Waals surface area contributed by atoms with E-state index in [0.29, 0.717) is 19.3 Å². The summed E-state index contributed by atoms with van der Waals surface area (Å²) in [5.41, 5.74) is 0. The Morgan fingerprint density at radius 3 is 2.67 bits per heavy atom. The first-order chi connectivity index (χ1) is 7.04. The van der Waals surface area contributed by atoms with E-state index in [9.17, 15) is 9.59 Å². The largest absolute Gasteiger partial charge is 0.479 e. The molecule has 1 fully saturated rings.